The minimum absolute atomic E-state index is 0.0167. The van der Waals surface area contributed by atoms with E-state index in [1.165, 1.54) is 0 Å². The minimum Gasteiger partial charge on any atom is -0.376 e. The lowest BCUT2D eigenvalue weighted by Crippen LogP contribution is -2.72. The van der Waals surface area contributed by atoms with E-state index < -0.39 is 0 Å². The molecule has 1 saturated carbocycles. The van der Waals surface area contributed by atoms with Crippen LogP contribution in [0.2, 0.25) is 0 Å². The molecule has 5 heteroatoms. The average Bonchev–Trinajstić information content (AvgIpc) is 2.89. The van der Waals surface area contributed by atoms with E-state index in [0.717, 1.165) is 32.3 Å². The Kier molecular flexibility index (Phi) is 3.06. The van der Waals surface area contributed by atoms with Crippen molar-refractivity contribution in [3.8, 4) is 0 Å². The van der Waals surface area contributed by atoms with Gasteiger partial charge in [-0.25, -0.2) is 0 Å². The maximum Gasteiger partial charge on any atom is 0.249 e. The fourth-order valence-corrected chi connectivity index (χ4v) is 3.17. The van der Waals surface area contributed by atoms with E-state index in [1.807, 2.05) is 0 Å². The Labute approximate surface area is 101 Å². The van der Waals surface area contributed by atoms with Gasteiger partial charge in [0.25, 0.3) is 0 Å². The number of hydrogen-bond donors (Lipinski definition) is 2. The van der Waals surface area contributed by atoms with Crippen LogP contribution < -0.4 is 11.1 Å². The molecule has 0 aromatic carbocycles. The zero-order valence-electron chi connectivity index (χ0n) is 9.93. The van der Waals surface area contributed by atoms with Crippen LogP contribution in [-0.4, -0.2) is 43.4 Å². The van der Waals surface area contributed by atoms with E-state index in [4.69, 9.17) is 15.2 Å². The first kappa shape index (κ1) is 11.4. The Balaban J connectivity index is 1.56. The van der Waals surface area contributed by atoms with Crippen LogP contribution in [0.1, 0.15) is 25.7 Å². The van der Waals surface area contributed by atoms with E-state index >= 15 is 0 Å². The van der Waals surface area contributed by atoms with Gasteiger partial charge in [0.1, 0.15) is 6.10 Å². The second-order valence-corrected chi connectivity index (χ2v) is 5.25. The lowest BCUT2D eigenvalue weighted by molar-refractivity contribution is -0.145. The summed E-state index contributed by atoms with van der Waals surface area (Å²) in [6, 6.07) is 0.0302. The highest BCUT2D eigenvalue weighted by Crippen LogP contribution is 2.37. The van der Waals surface area contributed by atoms with Crippen LogP contribution in [0.15, 0.2) is 0 Å². The topological polar surface area (TPSA) is 73.6 Å². The number of amides is 1. The molecule has 96 valence electrons. The summed E-state index contributed by atoms with van der Waals surface area (Å²) in [4.78, 5) is 11.9. The monoisotopic (exact) mass is 240 g/mol. The highest BCUT2D eigenvalue weighted by molar-refractivity contribution is 5.81. The molecule has 3 fully saturated rings. The van der Waals surface area contributed by atoms with Crippen LogP contribution in [-0.2, 0) is 14.3 Å². The van der Waals surface area contributed by atoms with Crippen molar-refractivity contribution >= 4 is 5.91 Å². The quantitative estimate of drug-likeness (QED) is 0.700. The van der Waals surface area contributed by atoms with Crippen LogP contribution >= 0.6 is 0 Å². The van der Waals surface area contributed by atoms with Crippen molar-refractivity contribution in [2.45, 2.75) is 50.0 Å². The summed E-state index contributed by atoms with van der Waals surface area (Å²) < 4.78 is 11.0. The molecule has 2 saturated heterocycles. The Hall–Kier alpha value is -0.650. The van der Waals surface area contributed by atoms with E-state index in [0.29, 0.717) is 12.5 Å². The van der Waals surface area contributed by atoms with E-state index in [9.17, 15) is 4.79 Å². The van der Waals surface area contributed by atoms with Gasteiger partial charge in [0, 0.05) is 25.2 Å². The van der Waals surface area contributed by atoms with Crippen molar-refractivity contribution in [1.82, 2.24) is 5.32 Å². The summed E-state index contributed by atoms with van der Waals surface area (Å²) in [5.41, 5.74) is 6.09. The number of hydrogen-bond acceptors (Lipinski definition) is 4. The van der Waals surface area contributed by atoms with Crippen molar-refractivity contribution in [2.75, 3.05) is 13.2 Å². The van der Waals surface area contributed by atoms with Crippen LogP contribution in [0.4, 0.5) is 0 Å². The van der Waals surface area contributed by atoms with Crippen molar-refractivity contribution in [2.24, 2.45) is 11.7 Å². The molecule has 0 spiro atoms. The maximum absolute atomic E-state index is 11.9. The molecule has 5 unspecified atom stereocenters. The first-order valence-electron chi connectivity index (χ1n) is 6.56. The average molecular weight is 240 g/mol. The minimum atomic E-state index is -0.273. The highest BCUT2D eigenvalue weighted by atomic mass is 16.5. The van der Waals surface area contributed by atoms with Gasteiger partial charge < -0.3 is 20.5 Å². The Morgan fingerprint density at radius 1 is 1.18 bits per heavy atom. The van der Waals surface area contributed by atoms with Crippen molar-refractivity contribution in [3.63, 3.8) is 0 Å². The number of fused-ring (bicyclic) bond motifs is 1. The van der Waals surface area contributed by atoms with Gasteiger partial charge in [-0.3, -0.25) is 4.79 Å². The molecule has 0 bridgehead atoms. The van der Waals surface area contributed by atoms with Gasteiger partial charge in [-0.05, 0) is 25.7 Å². The van der Waals surface area contributed by atoms with Gasteiger partial charge in [-0.2, -0.15) is 0 Å². The largest absolute Gasteiger partial charge is 0.376 e. The smallest absolute Gasteiger partial charge is 0.249 e. The lowest BCUT2D eigenvalue weighted by atomic mass is 9.68. The maximum atomic E-state index is 11.9. The lowest BCUT2D eigenvalue weighted by Gasteiger charge is -2.52. The third kappa shape index (κ3) is 1.96. The zero-order chi connectivity index (χ0) is 11.8. The fourth-order valence-electron chi connectivity index (χ4n) is 3.17. The first-order chi connectivity index (χ1) is 8.27. The second kappa shape index (κ2) is 4.55. The number of carbonyl (C=O) groups is 1. The van der Waals surface area contributed by atoms with Gasteiger partial charge in [0.15, 0.2) is 0 Å². The summed E-state index contributed by atoms with van der Waals surface area (Å²) >= 11 is 0. The third-order valence-corrected chi connectivity index (χ3v) is 4.21. The molecule has 0 aromatic rings. The molecule has 1 amide bonds. The van der Waals surface area contributed by atoms with Crippen LogP contribution in [0.5, 0.6) is 0 Å². The molecule has 5 atom stereocenters. The number of nitrogens with two attached hydrogens (primary N) is 1. The molecule has 0 aromatic heterocycles. The summed E-state index contributed by atoms with van der Waals surface area (Å²) in [6.45, 7) is 1.48. The molecule has 2 heterocycles. The molecule has 3 aliphatic rings. The number of rotatable bonds is 2. The molecule has 3 N–H and O–H groups in total. The molecule has 2 aliphatic heterocycles. The molecule has 0 radical (unpaired) electrons. The SMILES string of the molecule is NC1C2CCCOC2C1NC(=O)C1CCCO1. The fraction of sp³-hybridized carbons (Fsp3) is 0.917. The summed E-state index contributed by atoms with van der Waals surface area (Å²) in [5.74, 6) is 0.411. The second-order valence-electron chi connectivity index (χ2n) is 5.25. The van der Waals surface area contributed by atoms with Crippen molar-refractivity contribution in [1.29, 1.82) is 0 Å². The Morgan fingerprint density at radius 2 is 1.94 bits per heavy atom. The third-order valence-electron chi connectivity index (χ3n) is 4.21. The first-order valence-corrected chi connectivity index (χ1v) is 6.56. The normalized spacial score (nSPS) is 44.9. The molecular weight excluding hydrogens is 220 g/mol. The molecule has 5 nitrogen and oxygen atoms in total. The van der Waals surface area contributed by atoms with Crippen LogP contribution in [0.3, 0.4) is 0 Å². The van der Waals surface area contributed by atoms with E-state index in [-0.39, 0.29) is 30.2 Å². The van der Waals surface area contributed by atoms with E-state index in [1.54, 1.807) is 0 Å². The highest BCUT2D eigenvalue weighted by Gasteiger charge is 2.51. The van der Waals surface area contributed by atoms with Crippen LogP contribution in [0.25, 0.3) is 0 Å². The van der Waals surface area contributed by atoms with Gasteiger partial charge >= 0.3 is 0 Å². The number of ether oxygens (including phenoxy) is 2. The molecular formula is C12H20N2O3. The van der Waals surface area contributed by atoms with Crippen molar-refractivity contribution < 1.29 is 14.3 Å². The number of carbonyl (C=O) groups excluding carboxylic acids is 1. The Bertz CT molecular complexity index is 304. The standard InChI is InChI=1S/C12H20N2O3/c13-9-7-3-1-6-17-11(7)10(9)14-12(15)8-4-2-5-16-8/h7-11H,1-6,13H2,(H,14,15). The summed E-state index contributed by atoms with van der Waals surface area (Å²) in [5, 5.41) is 2.99. The number of nitrogens with one attached hydrogen (secondary N) is 1. The predicted molar refractivity (Wildman–Crippen MR) is 61.3 cm³/mol. The van der Waals surface area contributed by atoms with Gasteiger partial charge in [-0.1, -0.05) is 0 Å². The molecule has 3 rings (SSSR count). The van der Waals surface area contributed by atoms with Crippen LogP contribution in [0, 0.1) is 5.92 Å². The predicted octanol–water partition coefficient (Wildman–Crippen LogP) is -0.214. The van der Waals surface area contributed by atoms with Gasteiger partial charge in [0.2, 0.25) is 5.91 Å². The Morgan fingerprint density at radius 3 is 2.71 bits per heavy atom. The summed E-state index contributed by atoms with van der Waals surface area (Å²) in [7, 11) is 0. The molecule has 17 heavy (non-hydrogen) atoms. The molecule has 1 aliphatic carbocycles. The zero-order valence-corrected chi connectivity index (χ0v) is 9.93. The van der Waals surface area contributed by atoms with Gasteiger partial charge in [0.05, 0.1) is 12.1 Å². The summed E-state index contributed by atoms with van der Waals surface area (Å²) in [6.07, 6.45) is 3.86. The van der Waals surface area contributed by atoms with E-state index in [2.05, 4.69) is 5.32 Å². The van der Waals surface area contributed by atoms with Gasteiger partial charge in [-0.15, -0.1) is 0 Å². The van der Waals surface area contributed by atoms with Crippen molar-refractivity contribution in [3.05, 3.63) is 0 Å².